The van der Waals surface area contributed by atoms with Crippen LogP contribution in [-0.4, -0.2) is 0 Å². The second kappa shape index (κ2) is 9.15. The molecule has 0 unspecified atom stereocenters. The monoisotopic (exact) mass is 394 g/mol. The van der Waals surface area contributed by atoms with Gasteiger partial charge < -0.3 is 0 Å². The fraction of sp³-hybridized carbons (Fsp3) is 0.143. The molecule has 144 valence electrons. The minimum atomic E-state index is 0.968. The van der Waals surface area contributed by atoms with E-state index in [-0.39, 0.29) is 0 Å². The van der Waals surface area contributed by atoms with Gasteiger partial charge in [0.1, 0.15) is 0 Å². The average Bonchev–Trinajstić information content (AvgIpc) is 2.74. The Labute approximate surface area is 178 Å². The van der Waals surface area contributed by atoms with Crippen molar-refractivity contribution in [2.75, 3.05) is 0 Å². The van der Waals surface area contributed by atoms with Crippen LogP contribution in [0.2, 0.25) is 0 Å². The van der Waals surface area contributed by atoms with Crippen molar-refractivity contribution in [3.8, 4) is 0 Å². The molecule has 0 aliphatic carbocycles. The molecule has 0 spiro atoms. The first-order valence-corrected chi connectivity index (χ1v) is 10.9. The van der Waals surface area contributed by atoms with Crippen molar-refractivity contribution < 1.29 is 0 Å². The fourth-order valence-corrected chi connectivity index (χ4v) is 4.96. The molecule has 4 aromatic rings. The van der Waals surface area contributed by atoms with Gasteiger partial charge in [-0.1, -0.05) is 96.7 Å². The van der Waals surface area contributed by atoms with Gasteiger partial charge in [0.25, 0.3) is 0 Å². The predicted molar refractivity (Wildman–Crippen MR) is 125 cm³/mol. The van der Waals surface area contributed by atoms with E-state index in [2.05, 4.69) is 111 Å². The van der Waals surface area contributed by atoms with E-state index in [0.717, 1.165) is 12.8 Å². The van der Waals surface area contributed by atoms with E-state index in [1.54, 1.807) is 0 Å². The average molecular weight is 395 g/mol. The number of hydrogen-bond acceptors (Lipinski definition) is 1. The molecule has 0 nitrogen and oxygen atoms in total. The van der Waals surface area contributed by atoms with Gasteiger partial charge in [-0.05, 0) is 72.2 Å². The molecule has 0 aliphatic rings. The topological polar surface area (TPSA) is 0 Å². The van der Waals surface area contributed by atoms with Gasteiger partial charge in [0, 0.05) is 9.79 Å². The highest BCUT2D eigenvalue weighted by atomic mass is 32.2. The second-order valence-electron chi connectivity index (χ2n) is 7.53. The summed E-state index contributed by atoms with van der Waals surface area (Å²) < 4.78 is 0. The van der Waals surface area contributed by atoms with E-state index in [9.17, 15) is 0 Å². The Bertz CT molecular complexity index is 993. The Morgan fingerprint density at radius 1 is 0.483 bits per heavy atom. The molecule has 0 N–H and O–H groups in total. The van der Waals surface area contributed by atoms with Crippen LogP contribution in [0.5, 0.6) is 0 Å². The third-order valence-electron chi connectivity index (χ3n) is 5.40. The van der Waals surface area contributed by atoms with Gasteiger partial charge in [0.05, 0.1) is 0 Å². The SMILES string of the molecule is Cc1cccc(Sc2cccc(C)c2Cc2ccccc2)c1Cc1ccccc1. The molecule has 0 amide bonds. The number of aryl methyl sites for hydroxylation is 2. The summed E-state index contributed by atoms with van der Waals surface area (Å²) in [6.45, 7) is 4.45. The Hall–Kier alpha value is -2.77. The lowest BCUT2D eigenvalue weighted by molar-refractivity contribution is 1.07. The molecule has 4 aromatic carbocycles. The summed E-state index contributed by atoms with van der Waals surface area (Å²) >= 11 is 1.91. The van der Waals surface area contributed by atoms with Crippen molar-refractivity contribution in [2.45, 2.75) is 36.5 Å². The van der Waals surface area contributed by atoms with Crippen LogP contribution in [0.15, 0.2) is 107 Å². The van der Waals surface area contributed by atoms with Crippen LogP contribution in [0, 0.1) is 13.8 Å². The molecule has 0 bridgehead atoms. The van der Waals surface area contributed by atoms with E-state index in [1.807, 2.05) is 11.8 Å². The maximum Gasteiger partial charge on any atom is 0.0160 e. The van der Waals surface area contributed by atoms with Gasteiger partial charge in [-0.2, -0.15) is 0 Å². The lowest BCUT2D eigenvalue weighted by atomic mass is 10.0. The molecule has 29 heavy (non-hydrogen) atoms. The lowest BCUT2D eigenvalue weighted by Crippen LogP contribution is -1.97. The standard InChI is InChI=1S/C28H26S/c1-21-11-9-17-27(25(21)19-23-13-5-3-6-14-23)29-28-18-10-12-22(2)26(28)20-24-15-7-4-8-16-24/h3-18H,19-20H2,1-2H3. The van der Waals surface area contributed by atoms with Crippen LogP contribution in [0.25, 0.3) is 0 Å². The van der Waals surface area contributed by atoms with Crippen LogP contribution in [0.4, 0.5) is 0 Å². The molecule has 0 radical (unpaired) electrons. The Balaban J connectivity index is 1.68. The summed E-state index contributed by atoms with van der Waals surface area (Å²) in [6, 6.07) is 34.9. The smallest absolute Gasteiger partial charge is 0.0160 e. The zero-order valence-corrected chi connectivity index (χ0v) is 17.9. The number of benzene rings is 4. The normalized spacial score (nSPS) is 10.8. The van der Waals surface area contributed by atoms with Crippen LogP contribution >= 0.6 is 11.8 Å². The molecule has 0 saturated carbocycles. The van der Waals surface area contributed by atoms with E-state index >= 15 is 0 Å². The van der Waals surface area contributed by atoms with Gasteiger partial charge in [0.15, 0.2) is 0 Å². The van der Waals surface area contributed by atoms with Crippen molar-refractivity contribution in [1.82, 2.24) is 0 Å². The molecule has 1 heteroatoms. The van der Waals surface area contributed by atoms with Gasteiger partial charge in [-0.25, -0.2) is 0 Å². The van der Waals surface area contributed by atoms with Crippen molar-refractivity contribution in [3.63, 3.8) is 0 Å². The van der Waals surface area contributed by atoms with Crippen molar-refractivity contribution in [1.29, 1.82) is 0 Å². The second-order valence-corrected chi connectivity index (χ2v) is 8.61. The number of hydrogen-bond donors (Lipinski definition) is 0. The zero-order valence-electron chi connectivity index (χ0n) is 17.1. The summed E-state index contributed by atoms with van der Waals surface area (Å²) in [5, 5.41) is 0. The Morgan fingerprint density at radius 3 is 1.31 bits per heavy atom. The minimum absolute atomic E-state index is 0.968. The molecular formula is C28H26S. The Kier molecular flexibility index (Phi) is 6.17. The molecule has 0 aliphatic heterocycles. The first-order chi connectivity index (χ1) is 14.2. The molecule has 0 saturated heterocycles. The minimum Gasteiger partial charge on any atom is -0.0895 e. The van der Waals surface area contributed by atoms with Crippen LogP contribution in [-0.2, 0) is 12.8 Å². The maximum absolute atomic E-state index is 2.27. The first-order valence-electron chi connectivity index (χ1n) is 10.1. The van der Waals surface area contributed by atoms with E-state index in [0.29, 0.717) is 0 Å². The quantitative estimate of drug-likeness (QED) is 0.324. The van der Waals surface area contributed by atoms with Crippen molar-refractivity contribution in [2.24, 2.45) is 0 Å². The molecule has 0 aromatic heterocycles. The third kappa shape index (κ3) is 4.81. The summed E-state index contributed by atoms with van der Waals surface area (Å²) in [7, 11) is 0. The van der Waals surface area contributed by atoms with Gasteiger partial charge in [-0.3, -0.25) is 0 Å². The Morgan fingerprint density at radius 2 is 0.897 bits per heavy atom. The van der Waals surface area contributed by atoms with Crippen LogP contribution < -0.4 is 0 Å². The molecule has 4 rings (SSSR count). The van der Waals surface area contributed by atoms with E-state index in [1.165, 1.54) is 43.2 Å². The molecule has 0 heterocycles. The van der Waals surface area contributed by atoms with Gasteiger partial charge in [-0.15, -0.1) is 0 Å². The third-order valence-corrected chi connectivity index (χ3v) is 6.61. The van der Waals surface area contributed by atoms with Crippen LogP contribution in [0.3, 0.4) is 0 Å². The molecule has 0 atom stereocenters. The highest BCUT2D eigenvalue weighted by molar-refractivity contribution is 7.99. The van der Waals surface area contributed by atoms with Crippen LogP contribution in [0.1, 0.15) is 33.4 Å². The molecule has 0 fully saturated rings. The van der Waals surface area contributed by atoms with Gasteiger partial charge in [0.2, 0.25) is 0 Å². The summed E-state index contributed by atoms with van der Waals surface area (Å²) in [5.41, 5.74) is 8.29. The largest absolute Gasteiger partial charge is 0.0895 e. The van der Waals surface area contributed by atoms with Crippen molar-refractivity contribution in [3.05, 3.63) is 130 Å². The number of rotatable bonds is 6. The summed E-state index contributed by atoms with van der Waals surface area (Å²) in [6.07, 6.45) is 1.94. The summed E-state index contributed by atoms with van der Waals surface area (Å²) in [5.74, 6) is 0. The van der Waals surface area contributed by atoms with E-state index < -0.39 is 0 Å². The highest BCUT2D eigenvalue weighted by Gasteiger charge is 2.12. The zero-order chi connectivity index (χ0) is 20.1. The maximum atomic E-state index is 2.27. The van der Waals surface area contributed by atoms with E-state index in [4.69, 9.17) is 0 Å². The summed E-state index contributed by atoms with van der Waals surface area (Å²) in [4.78, 5) is 2.71. The van der Waals surface area contributed by atoms with Crippen molar-refractivity contribution >= 4 is 11.8 Å². The van der Waals surface area contributed by atoms with Gasteiger partial charge >= 0.3 is 0 Å². The predicted octanol–water partition coefficient (Wildman–Crippen LogP) is 7.64. The molecular weight excluding hydrogens is 368 g/mol. The fourth-order valence-electron chi connectivity index (χ4n) is 3.71. The first kappa shape index (κ1) is 19.5. The lowest BCUT2D eigenvalue weighted by Gasteiger charge is -2.16. The highest BCUT2D eigenvalue weighted by Crippen LogP contribution is 2.37.